The SMILES string of the molecule is O=C1CCC(N2Cc3cc(O[C@H]4CCCC[C@@H]4N4CC(c5ncccn5)C4)ccc3C2=O)C(=O)N1. The minimum atomic E-state index is -0.604. The third kappa shape index (κ3) is 4.18. The summed E-state index contributed by atoms with van der Waals surface area (Å²) in [5.74, 6) is 1.23. The summed E-state index contributed by atoms with van der Waals surface area (Å²) >= 11 is 0. The largest absolute Gasteiger partial charge is 0.489 e. The van der Waals surface area contributed by atoms with Crippen LogP contribution in [0, 0.1) is 0 Å². The van der Waals surface area contributed by atoms with Gasteiger partial charge in [-0.05, 0) is 55.5 Å². The van der Waals surface area contributed by atoms with Crippen LogP contribution in [0.25, 0.3) is 0 Å². The fraction of sp³-hybridized carbons (Fsp3) is 0.500. The number of piperidine rings is 1. The number of imide groups is 1. The number of fused-ring (bicyclic) bond motifs is 1. The number of nitrogens with one attached hydrogen (secondary N) is 1. The summed E-state index contributed by atoms with van der Waals surface area (Å²) in [7, 11) is 0. The van der Waals surface area contributed by atoms with Crippen molar-refractivity contribution in [2.75, 3.05) is 13.1 Å². The van der Waals surface area contributed by atoms with E-state index in [1.807, 2.05) is 24.3 Å². The maximum absolute atomic E-state index is 13.0. The number of hydrogen-bond donors (Lipinski definition) is 1. The monoisotopic (exact) mass is 475 g/mol. The van der Waals surface area contributed by atoms with Gasteiger partial charge in [0.25, 0.3) is 5.91 Å². The molecule has 1 aliphatic carbocycles. The van der Waals surface area contributed by atoms with Crippen molar-refractivity contribution in [2.24, 2.45) is 0 Å². The lowest BCUT2D eigenvalue weighted by Crippen LogP contribution is -2.57. The molecule has 9 heteroatoms. The second-order valence-electron chi connectivity index (χ2n) is 9.98. The van der Waals surface area contributed by atoms with Crippen molar-refractivity contribution in [1.29, 1.82) is 0 Å². The van der Waals surface area contributed by atoms with Gasteiger partial charge in [0.2, 0.25) is 11.8 Å². The summed E-state index contributed by atoms with van der Waals surface area (Å²) in [6.07, 6.45) is 8.79. The standard InChI is InChI=1S/C26H29N5O4/c32-23-9-8-21(25(33)29-23)31-15-16-12-18(6-7-19(16)26(31)34)35-22-5-2-1-4-20(22)30-13-17(14-30)24-27-10-3-11-28-24/h3,6-7,10-12,17,20-22H,1-2,4-5,8-9,13-15H2,(H,29,32,33)/t20-,21?,22-/m0/s1. The number of hydrogen-bond acceptors (Lipinski definition) is 7. The highest BCUT2D eigenvalue weighted by atomic mass is 16.5. The molecule has 3 amide bonds. The molecule has 2 saturated heterocycles. The van der Waals surface area contributed by atoms with Crippen LogP contribution in [0.1, 0.15) is 66.2 Å². The van der Waals surface area contributed by atoms with E-state index in [-0.39, 0.29) is 24.3 Å². The summed E-state index contributed by atoms with van der Waals surface area (Å²) in [5, 5.41) is 2.35. The Labute approximate surface area is 203 Å². The van der Waals surface area contributed by atoms with Crippen molar-refractivity contribution in [3.8, 4) is 5.75 Å². The van der Waals surface area contributed by atoms with Gasteiger partial charge in [0.1, 0.15) is 23.7 Å². The van der Waals surface area contributed by atoms with E-state index in [0.717, 1.165) is 49.5 Å². The van der Waals surface area contributed by atoms with Crippen molar-refractivity contribution in [1.82, 2.24) is 25.1 Å². The van der Waals surface area contributed by atoms with Gasteiger partial charge in [0.05, 0.1) is 0 Å². The molecule has 0 spiro atoms. The summed E-state index contributed by atoms with van der Waals surface area (Å²) in [5.41, 5.74) is 1.48. The smallest absolute Gasteiger partial charge is 0.255 e. The topological polar surface area (TPSA) is 105 Å². The average Bonchev–Trinajstić information content (AvgIpc) is 3.15. The van der Waals surface area contributed by atoms with Gasteiger partial charge in [0, 0.05) is 56.0 Å². The van der Waals surface area contributed by atoms with Crippen LogP contribution in [0.15, 0.2) is 36.7 Å². The number of carbonyl (C=O) groups excluding carboxylic acids is 3. The zero-order valence-electron chi connectivity index (χ0n) is 19.6. The molecule has 182 valence electrons. The Morgan fingerprint density at radius 1 is 1.00 bits per heavy atom. The van der Waals surface area contributed by atoms with Gasteiger partial charge in [-0.25, -0.2) is 9.97 Å². The second kappa shape index (κ2) is 9.03. The highest BCUT2D eigenvalue weighted by Crippen LogP contribution is 2.36. The Balaban J connectivity index is 1.12. The van der Waals surface area contributed by atoms with Crippen LogP contribution >= 0.6 is 0 Å². The van der Waals surface area contributed by atoms with E-state index in [9.17, 15) is 14.4 Å². The lowest BCUT2D eigenvalue weighted by Gasteiger charge is -2.47. The number of carbonyl (C=O) groups is 3. The summed E-state index contributed by atoms with van der Waals surface area (Å²) in [4.78, 5) is 49.7. The molecule has 6 rings (SSSR count). The first kappa shape index (κ1) is 22.2. The lowest BCUT2D eigenvalue weighted by atomic mass is 9.86. The molecule has 3 aliphatic heterocycles. The maximum atomic E-state index is 13.0. The van der Waals surface area contributed by atoms with Crippen LogP contribution in [0.3, 0.4) is 0 Å². The van der Waals surface area contributed by atoms with Gasteiger partial charge < -0.3 is 9.64 Å². The number of aromatic nitrogens is 2. The Morgan fingerprint density at radius 2 is 1.80 bits per heavy atom. The fourth-order valence-electron chi connectivity index (χ4n) is 5.90. The Bertz CT molecular complexity index is 1150. The Morgan fingerprint density at radius 3 is 2.60 bits per heavy atom. The molecule has 1 aromatic carbocycles. The molecule has 9 nitrogen and oxygen atoms in total. The lowest BCUT2D eigenvalue weighted by molar-refractivity contribution is -0.136. The zero-order chi connectivity index (χ0) is 23.9. The van der Waals surface area contributed by atoms with E-state index < -0.39 is 11.9 Å². The minimum Gasteiger partial charge on any atom is -0.489 e. The van der Waals surface area contributed by atoms with Crippen LogP contribution in [-0.4, -0.2) is 68.8 Å². The molecule has 1 unspecified atom stereocenters. The van der Waals surface area contributed by atoms with Crippen molar-refractivity contribution in [3.05, 3.63) is 53.6 Å². The Hall–Kier alpha value is -3.33. The van der Waals surface area contributed by atoms with E-state index in [4.69, 9.17) is 4.74 Å². The van der Waals surface area contributed by atoms with E-state index in [2.05, 4.69) is 20.2 Å². The molecular weight excluding hydrogens is 446 g/mol. The molecule has 1 N–H and O–H groups in total. The van der Waals surface area contributed by atoms with Gasteiger partial charge in [0.15, 0.2) is 0 Å². The molecule has 3 fully saturated rings. The summed E-state index contributed by atoms with van der Waals surface area (Å²) in [6, 6.07) is 7.22. The van der Waals surface area contributed by atoms with E-state index in [1.165, 1.54) is 6.42 Å². The van der Waals surface area contributed by atoms with Crippen LogP contribution < -0.4 is 10.1 Å². The number of rotatable bonds is 5. The number of amides is 3. The van der Waals surface area contributed by atoms with Crippen LogP contribution in [0.2, 0.25) is 0 Å². The molecule has 4 heterocycles. The van der Waals surface area contributed by atoms with Crippen molar-refractivity contribution in [3.63, 3.8) is 0 Å². The quantitative estimate of drug-likeness (QED) is 0.660. The maximum Gasteiger partial charge on any atom is 0.255 e. The molecule has 35 heavy (non-hydrogen) atoms. The van der Waals surface area contributed by atoms with Crippen LogP contribution in [-0.2, 0) is 16.1 Å². The third-order valence-corrected chi connectivity index (χ3v) is 7.78. The second-order valence-corrected chi connectivity index (χ2v) is 9.98. The first-order valence-electron chi connectivity index (χ1n) is 12.5. The molecule has 3 atom stereocenters. The first-order chi connectivity index (χ1) is 17.1. The predicted octanol–water partition coefficient (Wildman–Crippen LogP) is 2.03. The van der Waals surface area contributed by atoms with Crippen molar-refractivity contribution < 1.29 is 19.1 Å². The van der Waals surface area contributed by atoms with E-state index in [1.54, 1.807) is 17.3 Å². The number of nitrogens with zero attached hydrogens (tertiary/aromatic N) is 4. The number of ether oxygens (including phenoxy) is 1. The fourth-order valence-corrected chi connectivity index (χ4v) is 5.90. The van der Waals surface area contributed by atoms with E-state index >= 15 is 0 Å². The average molecular weight is 476 g/mol. The molecule has 1 aromatic heterocycles. The first-order valence-corrected chi connectivity index (χ1v) is 12.5. The highest BCUT2D eigenvalue weighted by molar-refractivity contribution is 6.05. The van der Waals surface area contributed by atoms with Crippen molar-refractivity contribution >= 4 is 17.7 Å². The van der Waals surface area contributed by atoms with Crippen LogP contribution in [0.5, 0.6) is 5.75 Å². The molecule has 1 saturated carbocycles. The van der Waals surface area contributed by atoms with Crippen LogP contribution in [0.4, 0.5) is 0 Å². The zero-order valence-corrected chi connectivity index (χ0v) is 19.6. The van der Waals surface area contributed by atoms with Gasteiger partial charge in [-0.2, -0.15) is 0 Å². The molecule has 2 aromatic rings. The normalized spacial score (nSPS) is 27.4. The number of likely N-dealkylation sites (tertiary alicyclic amines) is 1. The Kier molecular flexibility index (Phi) is 5.72. The molecular formula is C26H29N5O4. The van der Waals surface area contributed by atoms with Crippen molar-refractivity contribution in [2.45, 2.75) is 69.2 Å². The van der Waals surface area contributed by atoms with Gasteiger partial charge in [-0.1, -0.05) is 6.42 Å². The molecule has 0 radical (unpaired) electrons. The minimum absolute atomic E-state index is 0.0998. The van der Waals surface area contributed by atoms with Gasteiger partial charge in [-0.15, -0.1) is 0 Å². The predicted molar refractivity (Wildman–Crippen MR) is 126 cm³/mol. The van der Waals surface area contributed by atoms with Gasteiger partial charge >= 0.3 is 0 Å². The van der Waals surface area contributed by atoms with Gasteiger partial charge in [-0.3, -0.25) is 24.6 Å². The molecule has 0 bridgehead atoms. The summed E-state index contributed by atoms with van der Waals surface area (Å²) in [6.45, 7) is 2.26. The van der Waals surface area contributed by atoms with E-state index in [0.29, 0.717) is 30.5 Å². The summed E-state index contributed by atoms with van der Waals surface area (Å²) < 4.78 is 6.52. The third-order valence-electron chi connectivity index (χ3n) is 7.78. The number of benzene rings is 1. The highest BCUT2D eigenvalue weighted by Gasteiger charge is 2.41. The molecule has 4 aliphatic rings.